The Morgan fingerprint density at radius 2 is 0.587 bits per heavy atom. The van der Waals surface area contributed by atoms with Gasteiger partial charge in [0.1, 0.15) is 5.56 Å². The summed E-state index contributed by atoms with van der Waals surface area (Å²) in [5.41, 5.74) is 19.0. The molecule has 10 rings (SSSR count). The zero-order valence-electron chi connectivity index (χ0n) is 60.0. The van der Waals surface area contributed by atoms with Gasteiger partial charge in [0.25, 0.3) is 0 Å². The molecule has 0 atom stereocenters. The van der Waals surface area contributed by atoms with E-state index in [2.05, 4.69) is 269 Å². The molecule has 2 saturated heterocycles. The molecule has 0 N–H and O–H groups in total. The summed E-state index contributed by atoms with van der Waals surface area (Å²) in [5, 5.41) is 10.6. The first-order valence-electron chi connectivity index (χ1n) is 33.5. The molecule has 8 aromatic rings. The van der Waals surface area contributed by atoms with E-state index >= 15 is 0 Å². The molecule has 8 heteroatoms. The Kier molecular flexibility index (Phi) is 36.4. The van der Waals surface area contributed by atoms with Crippen LogP contribution >= 0.6 is 0 Å². The van der Waals surface area contributed by atoms with Crippen LogP contribution in [0.1, 0.15) is 253 Å². The second kappa shape index (κ2) is 42.3. The maximum Gasteiger partial charge on any atom is 0.121 e. The Labute approximate surface area is 619 Å². The topological polar surface area (TPSA) is 71.4 Å². The van der Waals surface area contributed by atoms with E-state index in [1.54, 1.807) is 0 Å². The van der Waals surface area contributed by atoms with Crippen molar-refractivity contribution < 1.29 is 86.1 Å². The van der Waals surface area contributed by atoms with Gasteiger partial charge < -0.3 is 32.9 Å². The fourth-order valence-electron chi connectivity index (χ4n) is 10.8. The minimum absolute atomic E-state index is 0. The number of nitrogens with zero attached hydrogens (tertiary/aromatic N) is 4. The average Bonchev–Trinajstić information content (AvgIpc) is 0.818. The number of hydrogen-bond acceptors (Lipinski definition) is 4. The smallest absolute Gasteiger partial charge is 0.121 e. The molecule has 0 unspecified atom stereocenters. The summed E-state index contributed by atoms with van der Waals surface area (Å²) in [4.78, 5) is 10.6. The van der Waals surface area contributed by atoms with Gasteiger partial charge in [0.2, 0.25) is 0 Å². The van der Waals surface area contributed by atoms with Crippen molar-refractivity contribution in [2.24, 2.45) is 9.98 Å². The summed E-state index contributed by atoms with van der Waals surface area (Å²) in [6.07, 6.45) is 9.35. The predicted octanol–water partition coefficient (Wildman–Crippen LogP) is 25.2. The minimum atomic E-state index is 0. The summed E-state index contributed by atoms with van der Waals surface area (Å²) < 4.78 is 9.89. The molecule has 92 heavy (non-hydrogen) atoms. The first-order chi connectivity index (χ1) is 43.4. The number of aliphatic imine (C=N–C) groups is 2. The van der Waals surface area contributed by atoms with Gasteiger partial charge in [0, 0.05) is 112 Å². The van der Waals surface area contributed by atoms with Gasteiger partial charge in [0.15, 0.2) is 0 Å². The maximum atomic E-state index is 5.32. The van der Waals surface area contributed by atoms with E-state index in [0.717, 1.165) is 72.0 Å². The first-order valence-corrected chi connectivity index (χ1v) is 33.5. The summed E-state index contributed by atoms with van der Waals surface area (Å²) in [6, 6.07) is 67.7. The Hall–Kier alpha value is -5.17. The van der Waals surface area contributed by atoms with Crippen molar-refractivity contribution in [1.82, 2.24) is 0 Å². The minimum Gasteiger partial charge on any atom is -1.00 e. The van der Waals surface area contributed by atoms with E-state index in [1.165, 1.54) is 81.3 Å². The van der Waals surface area contributed by atoms with Gasteiger partial charge in [-0.3, -0.25) is 0 Å². The van der Waals surface area contributed by atoms with E-state index < -0.39 is 0 Å². The normalized spacial score (nSPS) is 12.9. The van der Waals surface area contributed by atoms with Crippen LogP contribution in [-0.2, 0) is 9.47 Å². The zero-order chi connectivity index (χ0) is 65.0. The molecule has 0 spiro atoms. The molecule has 2 aliphatic rings. The second-order valence-electron chi connectivity index (χ2n) is 26.0. The van der Waals surface area contributed by atoms with Crippen molar-refractivity contribution >= 4 is 34.4 Å². The molecule has 2 aliphatic heterocycles. The first kappa shape index (κ1) is 79.3. The molecule has 0 aliphatic carbocycles. The van der Waals surface area contributed by atoms with Gasteiger partial charge >= 0.3 is 0 Å². The number of hydrogen-bond donors (Lipinski definition) is 0. The van der Waals surface area contributed by atoms with Gasteiger partial charge in [-0.1, -0.05) is 262 Å². The SMILES string of the molecule is C1CCOC1.C1CCOC1.CC(C)c1cccc(C(C)C)c1N=C([N-]c1c(C(C)C)cccc1C(C)C)c1ccccc1.CC(C)c1cccc(C(C)C)c1N=C([N-]c1c(C(C)C)cccc1C(C)C)c1ccccc1.[H-].[H-].[Lu].[Lu].c1ccc([CH+][CH-]c2ccccc2)cc1. The van der Waals surface area contributed by atoms with Crippen LogP contribution < -0.4 is 0 Å². The Morgan fingerprint density at radius 1 is 0.337 bits per heavy atom. The molecule has 510 valence electrons. The van der Waals surface area contributed by atoms with Gasteiger partial charge in [-0.25, -0.2) is 0 Å². The van der Waals surface area contributed by atoms with E-state index in [4.69, 9.17) is 30.1 Å². The molecular formula is C84H108Lu2N4O2-4. The van der Waals surface area contributed by atoms with Gasteiger partial charge in [-0.2, -0.15) is 17.7 Å². The largest absolute Gasteiger partial charge is 1.00 e. The molecule has 0 bridgehead atoms. The molecule has 0 saturated carbocycles. The Bertz CT molecular complexity index is 3070. The van der Waals surface area contributed by atoms with Gasteiger partial charge in [0.05, 0.1) is 0 Å². The van der Waals surface area contributed by atoms with Gasteiger partial charge in [-0.05, 0) is 176 Å². The number of rotatable bonds is 17. The summed E-state index contributed by atoms with van der Waals surface area (Å²) in [7, 11) is 0. The number of amidine groups is 2. The Balaban J connectivity index is 0.000000458. The van der Waals surface area contributed by atoms with E-state index in [-0.39, 0.29) is 76.6 Å². The molecule has 2 radical (unpaired) electrons. The predicted molar refractivity (Wildman–Crippen MR) is 392 cm³/mol. The quantitative estimate of drug-likeness (QED) is 0.0518. The summed E-state index contributed by atoms with van der Waals surface area (Å²) in [5.74, 6) is 4.62. The Morgan fingerprint density at radius 3 is 0.837 bits per heavy atom. The van der Waals surface area contributed by atoms with Crippen LogP contribution in [-0.4, -0.2) is 38.1 Å². The van der Waals surface area contributed by atoms with Crippen LogP contribution in [0, 0.1) is 86.6 Å². The van der Waals surface area contributed by atoms with Crippen molar-refractivity contribution in [2.45, 2.75) is 184 Å². The third kappa shape index (κ3) is 25.2. The summed E-state index contributed by atoms with van der Waals surface area (Å²) >= 11 is 0. The van der Waals surface area contributed by atoms with E-state index in [0.29, 0.717) is 47.3 Å². The molecule has 8 aromatic carbocycles. The molecule has 0 aromatic heterocycles. The van der Waals surface area contributed by atoms with Crippen LogP contribution in [0.4, 0.5) is 22.7 Å². The van der Waals surface area contributed by atoms with Crippen molar-refractivity contribution in [3.8, 4) is 0 Å². The van der Waals surface area contributed by atoms with Gasteiger partial charge in [-0.15, -0.1) is 18.6 Å². The van der Waals surface area contributed by atoms with E-state index in [9.17, 15) is 0 Å². The molecule has 2 fully saturated rings. The summed E-state index contributed by atoms with van der Waals surface area (Å²) in [6.45, 7) is 39.8. The third-order valence-electron chi connectivity index (χ3n) is 16.0. The molecule has 0 amide bonds. The number of ether oxygens (including phenoxy) is 2. The standard InChI is InChI=1S/2C31H39N2.C14H12.2C4H8O.2Lu.2H/c2*1-20(2)25-16-12-17-26(21(3)4)29(25)32-31(24-14-10-9-11-15-24)33-30-27(22(5)6)18-13-19-28(30)23(7)8;1-3-7-13(8-4-1)11-12-14-9-5-2-6-10-14;2*1-2-4-5-3-1;;;;/h2*9-23H,1-8H3;1-12H;2*1-4H2;;;;/q2*-1;;;;;;2*-1. The van der Waals surface area contributed by atoms with Crippen LogP contribution in [0.15, 0.2) is 204 Å². The van der Waals surface area contributed by atoms with Crippen molar-refractivity contribution in [2.75, 3.05) is 26.4 Å². The third-order valence-corrected chi connectivity index (χ3v) is 16.0. The van der Waals surface area contributed by atoms with Crippen molar-refractivity contribution in [3.05, 3.63) is 284 Å². The maximum absolute atomic E-state index is 5.32. The number of para-hydroxylation sites is 4. The second-order valence-corrected chi connectivity index (χ2v) is 26.0. The molecular weight excluding hydrogens is 1450 g/mol. The fraction of sp³-hybridized carbons (Fsp3) is 0.381. The van der Waals surface area contributed by atoms with Crippen molar-refractivity contribution in [1.29, 1.82) is 0 Å². The van der Waals surface area contributed by atoms with Crippen LogP contribution in [0.5, 0.6) is 0 Å². The van der Waals surface area contributed by atoms with Crippen molar-refractivity contribution in [3.63, 3.8) is 0 Å². The van der Waals surface area contributed by atoms with Crippen LogP contribution in [0.2, 0.25) is 0 Å². The molecule has 2 heterocycles. The zero-order valence-corrected chi connectivity index (χ0v) is 61.3. The van der Waals surface area contributed by atoms with Crippen LogP contribution in [0.3, 0.4) is 0 Å². The average molecular weight is 1560 g/mol. The fourth-order valence-corrected chi connectivity index (χ4v) is 10.8. The van der Waals surface area contributed by atoms with E-state index in [1.807, 2.05) is 48.5 Å². The monoisotopic (exact) mass is 1550 g/mol. The molecule has 6 nitrogen and oxygen atoms in total. The van der Waals surface area contributed by atoms with Crippen LogP contribution in [0.25, 0.3) is 10.6 Å². The number of benzene rings is 8.